The minimum Gasteiger partial charge on any atom is -0.497 e. The standard InChI is InChI=1S/C18H18N4O4S/c1-11(16(23)20-14-9-13(24-2)6-7-15(14)25-3)27-18-22-21-17(26-18)12-5-4-8-19-10-12/h4-11H,1-3H3,(H,20,23)/t11-/m1/s1. The number of hydrogen-bond donors (Lipinski definition) is 1. The van der Waals surface area contributed by atoms with Gasteiger partial charge in [-0.15, -0.1) is 10.2 Å². The smallest absolute Gasteiger partial charge is 0.277 e. The molecule has 0 spiro atoms. The number of nitrogens with one attached hydrogen (secondary N) is 1. The van der Waals surface area contributed by atoms with Gasteiger partial charge in [-0.2, -0.15) is 0 Å². The maximum absolute atomic E-state index is 12.5. The number of methoxy groups -OCH3 is 2. The third-order valence-electron chi connectivity index (χ3n) is 3.63. The molecule has 0 aliphatic rings. The van der Waals surface area contributed by atoms with Crippen LogP contribution in [0.5, 0.6) is 11.5 Å². The van der Waals surface area contributed by atoms with Gasteiger partial charge in [0.25, 0.3) is 5.22 Å². The minimum atomic E-state index is -0.469. The number of ether oxygens (including phenoxy) is 2. The average molecular weight is 386 g/mol. The lowest BCUT2D eigenvalue weighted by Crippen LogP contribution is -2.22. The van der Waals surface area contributed by atoms with E-state index in [2.05, 4.69) is 20.5 Å². The van der Waals surface area contributed by atoms with E-state index >= 15 is 0 Å². The topological polar surface area (TPSA) is 99.4 Å². The van der Waals surface area contributed by atoms with Crippen molar-refractivity contribution in [3.8, 4) is 23.0 Å². The number of amides is 1. The van der Waals surface area contributed by atoms with Crippen LogP contribution < -0.4 is 14.8 Å². The van der Waals surface area contributed by atoms with E-state index in [1.54, 1.807) is 50.7 Å². The fourth-order valence-corrected chi connectivity index (χ4v) is 2.90. The zero-order valence-electron chi connectivity index (χ0n) is 15.0. The van der Waals surface area contributed by atoms with Crippen LogP contribution in [0.1, 0.15) is 6.92 Å². The first-order valence-electron chi connectivity index (χ1n) is 8.04. The maximum Gasteiger partial charge on any atom is 0.277 e. The van der Waals surface area contributed by atoms with Crippen molar-refractivity contribution < 1.29 is 18.7 Å². The highest BCUT2D eigenvalue weighted by Gasteiger charge is 2.20. The number of aromatic nitrogens is 3. The molecule has 0 radical (unpaired) electrons. The molecule has 1 N–H and O–H groups in total. The second kappa shape index (κ2) is 8.54. The number of nitrogens with zero attached hydrogens (tertiary/aromatic N) is 3. The molecule has 1 aromatic carbocycles. The molecule has 3 aromatic rings. The first kappa shape index (κ1) is 18.7. The van der Waals surface area contributed by atoms with E-state index in [1.165, 1.54) is 18.9 Å². The van der Waals surface area contributed by atoms with Crippen LogP contribution >= 0.6 is 11.8 Å². The highest BCUT2D eigenvalue weighted by atomic mass is 32.2. The van der Waals surface area contributed by atoms with Crippen molar-refractivity contribution in [1.29, 1.82) is 0 Å². The van der Waals surface area contributed by atoms with Gasteiger partial charge in [0.2, 0.25) is 11.8 Å². The molecule has 1 amide bonds. The number of carbonyl (C=O) groups is 1. The summed E-state index contributed by atoms with van der Waals surface area (Å²) in [6.45, 7) is 1.75. The molecule has 0 aliphatic carbocycles. The van der Waals surface area contributed by atoms with E-state index in [1.807, 2.05) is 6.07 Å². The summed E-state index contributed by atoms with van der Waals surface area (Å²) in [5.74, 6) is 1.28. The summed E-state index contributed by atoms with van der Waals surface area (Å²) in [6, 6.07) is 8.78. The Morgan fingerprint density at radius 3 is 2.78 bits per heavy atom. The quantitative estimate of drug-likeness (QED) is 0.618. The second-order valence-electron chi connectivity index (χ2n) is 5.43. The Balaban J connectivity index is 1.67. The number of carbonyl (C=O) groups excluding carboxylic acids is 1. The van der Waals surface area contributed by atoms with Crippen molar-refractivity contribution in [3.63, 3.8) is 0 Å². The maximum atomic E-state index is 12.5. The van der Waals surface area contributed by atoms with Gasteiger partial charge in [0, 0.05) is 18.5 Å². The molecular formula is C18H18N4O4S. The molecule has 3 rings (SSSR count). The van der Waals surface area contributed by atoms with Crippen LogP contribution in [0.25, 0.3) is 11.5 Å². The number of pyridine rings is 1. The van der Waals surface area contributed by atoms with Gasteiger partial charge in [-0.3, -0.25) is 9.78 Å². The number of benzene rings is 1. The Hall–Kier alpha value is -3.07. The lowest BCUT2D eigenvalue weighted by Gasteiger charge is -2.14. The van der Waals surface area contributed by atoms with Crippen molar-refractivity contribution in [2.45, 2.75) is 17.4 Å². The van der Waals surface area contributed by atoms with Gasteiger partial charge < -0.3 is 19.2 Å². The van der Waals surface area contributed by atoms with E-state index in [0.717, 1.165) is 5.56 Å². The third-order valence-corrected chi connectivity index (χ3v) is 4.56. The second-order valence-corrected chi connectivity index (χ2v) is 6.72. The first-order valence-corrected chi connectivity index (χ1v) is 8.92. The Kier molecular flexibility index (Phi) is 5.92. The van der Waals surface area contributed by atoms with Crippen LogP contribution in [0.4, 0.5) is 5.69 Å². The van der Waals surface area contributed by atoms with Gasteiger partial charge in [0.15, 0.2) is 0 Å². The van der Waals surface area contributed by atoms with Crippen molar-refractivity contribution in [2.75, 3.05) is 19.5 Å². The Morgan fingerprint density at radius 2 is 2.07 bits per heavy atom. The molecule has 140 valence electrons. The number of anilines is 1. The van der Waals surface area contributed by atoms with Gasteiger partial charge in [-0.1, -0.05) is 11.8 Å². The fraction of sp³-hybridized carbons (Fsp3) is 0.222. The van der Waals surface area contributed by atoms with Gasteiger partial charge in [0.05, 0.1) is 30.7 Å². The molecular weight excluding hydrogens is 368 g/mol. The molecule has 2 heterocycles. The molecule has 0 unspecified atom stereocenters. The third kappa shape index (κ3) is 4.56. The lowest BCUT2D eigenvalue weighted by atomic mass is 10.2. The summed E-state index contributed by atoms with van der Waals surface area (Å²) in [5, 5.41) is 10.6. The van der Waals surface area contributed by atoms with Gasteiger partial charge in [-0.25, -0.2) is 0 Å². The van der Waals surface area contributed by atoms with Gasteiger partial charge >= 0.3 is 0 Å². The van der Waals surface area contributed by atoms with Crippen molar-refractivity contribution in [2.24, 2.45) is 0 Å². The summed E-state index contributed by atoms with van der Waals surface area (Å²) >= 11 is 1.17. The van der Waals surface area contributed by atoms with Crippen molar-refractivity contribution in [1.82, 2.24) is 15.2 Å². The highest BCUT2D eigenvalue weighted by molar-refractivity contribution is 8.00. The van der Waals surface area contributed by atoms with Crippen LogP contribution in [-0.2, 0) is 4.79 Å². The summed E-state index contributed by atoms with van der Waals surface area (Å²) < 4.78 is 16.1. The average Bonchev–Trinajstić information content (AvgIpc) is 3.17. The molecule has 8 nitrogen and oxygen atoms in total. The molecule has 0 bridgehead atoms. The Morgan fingerprint density at radius 1 is 1.22 bits per heavy atom. The first-order chi connectivity index (χ1) is 13.1. The van der Waals surface area contributed by atoms with E-state index in [4.69, 9.17) is 13.9 Å². The Bertz CT molecular complexity index is 917. The molecule has 1 atom stereocenters. The molecule has 0 aliphatic heterocycles. The normalized spacial score (nSPS) is 11.7. The summed E-state index contributed by atoms with van der Waals surface area (Å²) in [6.07, 6.45) is 3.29. The minimum absolute atomic E-state index is 0.229. The molecule has 0 saturated carbocycles. The zero-order chi connectivity index (χ0) is 19.2. The SMILES string of the molecule is COc1ccc(OC)c(NC(=O)[C@@H](C)Sc2nnc(-c3cccnc3)o2)c1. The molecule has 27 heavy (non-hydrogen) atoms. The summed E-state index contributed by atoms with van der Waals surface area (Å²) in [5.41, 5.74) is 1.24. The van der Waals surface area contributed by atoms with E-state index < -0.39 is 5.25 Å². The molecule has 0 saturated heterocycles. The fourth-order valence-electron chi connectivity index (χ4n) is 2.21. The van der Waals surface area contributed by atoms with Crippen LogP contribution in [0, 0.1) is 0 Å². The predicted molar refractivity (Wildman–Crippen MR) is 101 cm³/mol. The summed E-state index contributed by atoms with van der Waals surface area (Å²) in [4.78, 5) is 16.5. The van der Waals surface area contributed by atoms with E-state index in [9.17, 15) is 4.79 Å². The Labute approximate surface area is 160 Å². The van der Waals surface area contributed by atoms with Crippen LogP contribution in [-0.4, -0.2) is 40.6 Å². The van der Waals surface area contributed by atoms with Crippen LogP contribution in [0.3, 0.4) is 0 Å². The largest absolute Gasteiger partial charge is 0.497 e. The monoisotopic (exact) mass is 386 g/mol. The van der Waals surface area contributed by atoms with Crippen molar-refractivity contribution >= 4 is 23.4 Å². The highest BCUT2D eigenvalue weighted by Crippen LogP contribution is 2.31. The molecule has 9 heteroatoms. The number of hydrogen-bond acceptors (Lipinski definition) is 8. The van der Waals surface area contributed by atoms with Gasteiger partial charge in [0.1, 0.15) is 11.5 Å². The summed E-state index contributed by atoms with van der Waals surface area (Å²) in [7, 11) is 3.09. The number of thioether (sulfide) groups is 1. The van der Waals surface area contributed by atoms with Crippen molar-refractivity contribution in [3.05, 3.63) is 42.7 Å². The van der Waals surface area contributed by atoms with Gasteiger partial charge in [-0.05, 0) is 31.2 Å². The molecule has 2 aromatic heterocycles. The van der Waals surface area contributed by atoms with Crippen LogP contribution in [0.15, 0.2) is 52.4 Å². The lowest BCUT2D eigenvalue weighted by molar-refractivity contribution is -0.115. The zero-order valence-corrected chi connectivity index (χ0v) is 15.8. The van der Waals surface area contributed by atoms with E-state index in [-0.39, 0.29) is 5.91 Å². The number of rotatable bonds is 7. The molecule has 0 fully saturated rings. The predicted octanol–water partition coefficient (Wildman–Crippen LogP) is 3.27. The van der Waals surface area contributed by atoms with Crippen LogP contribution in [0.2, 0.25) is 0 Å². The van der Waals surface area contributed by atoms with E-state index in [0.29, 0.717) is 28.3 Å².